The first kappa shape index (κ1) is 29.8. The molecule has 2 bridgehead atoms. The summed E-state index contributed by atoms with van der Waals surface area (Å²) in [6, 6.07) is 7.06. The number of halogens is 1. The molecule has 0 spiro atoms. The van der Waals surface area contributed by atoms with Gasteiger partial charge in [0.2, 0.25) is 4.90 Å². The van der Waals surface area contributed by atoms with Gasteiger partial charge in [0.15, 0.2) is 5.82 Å². The number of piperazine rings is 1. The Morgan fingerprint density at radius 3 is 2.61 bits per heavy atom. The maximum absolute atomic E-state index is 15.1. The number of fused-ring (bicyclic) bond motifs is 4. The van der Waals surface area contributed by atoms with Crippen molar-refractivity contribution >= 4 is 39.7 Å². The minimum atomic E-state index is -1.68. The predicted octanol–water partition coefficient (Wildman–Crippen LogP) is 4.36. The van der Waals surface area contributed by atoms with Crippen molar-refractivity contribution in [2.24, 2.45) is 11.3 Å². The maximum atomic E-state index is 15.1. The largest absolute Gasteiger partial charge is 0.588 e. The Kier molecular flexibility index (Phi) is 7.33. The van der Waals surface area contributed by atoms with E-state index in [1.165, 1.54) is 6.07 Å². The Hall–Kier alpha value is -3.56. The molecule has 46 heavy (non-hydrogen) atoms. The van der Waals surface area contributed by atoms with Gasteiger partial charge in [0.05, 0.1) is 24.4 Å². The number of rotatable bonds is 9. The summed E-state index contributed by atoms with van der Waals surface area (Å²) in [5.41, 5.74) is 1.81. The van der Waals surface area contributed by atoms with E-state index in [-0.39, 0.29) is 22.7 Å². The lowest BCUT2D eigenvalue weighted by molar-refractivity contribution is 0.182. The van der Waals surface area contributed by atoms with E-state index in [0.29, 0.717) is 69.6 Å². The van der Waals surface area contributed by atoms with Gasteiger partial charge in [-0.1, -0.05) is 12.0 Å². The first-order valence-electron chi connectivity index (χ1n) is 16.2. The van der Waals surface area contributed by atoms with E-state index < -0.39 is 17.2 Å². The highest BCUT2D eigenvalue weighted by Gasteiger charge is 2.46. The molecule has 0 radical (unpaired) electrons. The zero-order valence-electron chi connectivity index (χ0n) is 26.3. The standard InChI is InChI=1S/C35H39FN6O3S/c1-4-26-28(36)10-7-22-13-25(43)14-27(31(22)26)30-15-29-32(46(44)42(30)16-21-5-6-21)33(41-17-23-8-9-24(18-41)37-23)39-34(38-29)45-20-35(11-12-35)19-40(2)3/h1,7,10,13-15,21,23-24,37,43H,5-6,8-9,11-12,16-20H2,2-3H3. The average molecular weight is 643 g/mol. The fourth-order valence-electron chi connectivity index (χ4n) is 7.44. The van der Waals surface area contributed by atoms with Crippen LogP contribution in [0.15, 0.2) is 29.2 Å². The first-order chi connectivity index (χ1) is 22.2. The molecule has 240 valence electrons. The van der Waals surface area contributed by atoms with Crippen LogP contribution in [0.1, 0.15) is 55.3 Å². The number of benzene rings is 2. The summed E-state index contributed by atoms with van der Waals surface area (Å²) < 4.78 is 38.2. The van der Waals surface area contributed by atoms with Gasteiger partial charge in [-0.2, -0.15) is 14.3 Å². The number of anilines is 1. The molecule has 11 heteroatoms. The van der Waals surface area contributed by atoms with Gasteiger partial charge in [0.1, 0.15) is 28.6 Å². The van der Waals surface area contributed by atoms with Crippen molar-refractivity contribution in [2.45, 2.75) is 55.5 Å². The number of aromatic nitrogens is 2. The van der Waals surface area contributed by atoms with E-state index in [2.05, 4.69) is 35.1 Å². The van der Waals surface area contributed by atoms with Crippen LogP contribution in [0, 0.1) is 29.5 Å². The van der Waals surface area contributed by atoms with Crippen LogP contribution in [-0.4, -0.2) is 87.8 Å². The Labute approximate surface area is 272 Å². The number of ether oxygens (including phenoxy) is 1. The Balaban J connectivity index is 1.29. The lowest BCUT2D eigenvalue weighted by Gasteiger charge is -2.37. The third kappa shape index (κ3) is 5.45. The summed E-state index contributed by atoms with van der Waals surface area (Å²) in [5, 5.41) is 15.6. The molecule has 5 aliphatic rings. The highest BCUT2D eigenvalue weighted by Crippen LogP contribution is 2.48. The number of phenols is 1. The van der Waals surface area contributed by atoms with Gasteiger partial charge in [0.25, 0.3) is 0 Å². The van der Waals surface area contributed by atoms with Gasteiger partial charge in [-0.3, -0.25) is 0 Å². The van der Waals surface area contributed by atoms with Crippen molar-refractivity contribution in [3.05, 3.63) is 46.9 Å². The van der Waals surface area contributed by atoms with Gasteiger partial charge >= 0.3 is 6.01 Å². The van der Waals surface area contributed by atoms with E-state index in [0.717, 1.165) is 58.2 Å². The highest BCUT2D eigenvalue weighted by molar-refractivity contribution is 7.89. The smallest absolute Gasteiger partial charge is 0.319 e. The van der Waals surface area contributed by atoms with Crippen LogP contribution >= 0.6 is 0 Å². The Morgan fingerprint density at radius 1 is 1.17 bits per heavy atom. The van der Waals surface area contributed by atoms with Crippen molar-refractivity contribution < 1.29 is 18.8 Å². The van der Waals surface area contributed by atoms with Crippen molar-refractivity contribution in [2.75, 3.05) is 51.8 Å². The van der Waals surface area contributed by atoms with Crippen LogP contribution in [0.2, 0.25) is 0 Å². The normalized spacial score (nSPS) is 24.6. The second-order valence-electron chi connectivity index (χ2n) is 14.1. The van der Waals surface area contributed by atoms with E-state index in [1.807, 2.05) is 10.4 Å². The maximum Gasteiger partial charge on any atom is 0.319 e. The molecule has 0 amide bonds. The molecule has 1 aromatic heterocycles. The molecular weight excluding hydrogens is 603 g/mol. The molecule has 3 aliphatic heterocycles. The molecule has 2 aliphatic carbocycles. The summed E-state index contributed by atoms with van der Waals surface area (Å²) in [5.74, 6) is 3.05. The third-order valence-corrected chi connectivity index (χ3v) is 11.5. The molecule has 3 aromatic rings. The fraction of sp³-hybridized carbons (Fsp3) is 0.486. The van der Waals surface area contributed by atoms with Gasteiger partial charge < -0.3 is 29.5 Å². The summed E-state index contributed by atoms with van der Waals surface area (Å²) in [6.45, 7) is 3.51. The Morgan fingerprint density at radius 2 is 1.93 bits per heavy atom. The molecule has 4 fully saturated rings. The second-order valence-corrected chi connectivity index (χ2v) is 15.4. The van der Waals surface area contributed by atoms with E-state index >= 15 is 4.39 Å². The molecule has 8 rings (SSSR count). The fourth-order valence-corrected chi connectivity index (χ4v) is 8.95. The van der Waals surface area contributed by atoms with Gasteiger partial charge in [-0.25, -0.2) is 4.39 Å². The minimum Gasteiger partial charge on any atom is -0.588 e. The topological polar surface area (TPSA) is 100 Å². The van der Waals surface area contributed by atoms with Crippen molar-refractivity contribution in [1.29, 1.82) is 0 Å². The lowest BCUT2D eigenvalue weighted by atomic mass is 9.96. The van der Waals surface area contributed by atoms with E-state index in [4.69, 9.17) is 21.1 Å². The summed E-state index contributed by atoms with van der Waals surface area (Å²) >= 11 is -1.68. The molecule has 9 nitrogen and oxygen atoms in total. The molecule has 4 heterocycles. The van der Waals surface area contributed by atoms with Crippen molar-refractivity contribution in [1.82, 2.24) is 24.5 Å². The lowest BCUT2D eigenvalue weighted by Crippen LogP contribution is -2.52. The van der Waals surface area contributed by atoms with E-state index in [9.17, 15) is 9.66 Å². The van der Waals surface area contributed by atoms with E-state index in [1.54, 1.807) is 18.2 Å². The zero-order chi connectivity index (χ0) is 31.7. The zero-order valence-corrected chi connectivity index (χ0v) is 27.1. The molecule has 2 saturated heterocycles. The molecule has 2 saturated carbocycles. The summed E-state index contributed by atoms with van der Waals surface area (Å²) in [7, 11) is 4.15. The third-order valence-electron chi connectivity index (χ3n) is 10.00. The van der Waals surface area contributed by atoms with Crippen molar-refractivity contribution in [3.8, 4) is 24.1 Å². The minimum absolute atomic E-state index is 0.0141. The van der Waals surface area contributed by atoms with Crippen LogP contribution in [-0.2, 0) is 11.4 Å². The number of hydrogen-bond acceptors (Lipinski definition) is 9. The number of hydrogen-bond donors (Lipinski definition) is 2. The first-order valence-corrected chi connectivity index (χ1v) is 17.3. The monoisotopic (exact) mass is 642 g/mol. The number of phenolic OH excluding ortho intramolecular Hbond substituents is 1. The van der Waals surface area contributed by atoms with Crippen molar-refractivity contribution in [3.63, 3.8) is 0 Å². The van der Waals surface area contributed by atoms with Crippen LogP contribution in [0.5, 0.6) is 11.8 Å². The number of aromatic hydroxyl groups is 1. The number of nitrogens with one attached hydrogen (secondary N) is 1. The van der Waals surface area contributed by atoms with Crippen LogP contribution in [0.3, 0.4) is 0 Å². The SMILES string of the molecule is C#Cc1c(F)ccc2cc(O)cc(C3=Cc4nc(OCC5(CN(C)C)CC5)nc(N5CC6CCC(C5)N6)c4[S+]([O-])N3CC3CC3)c12. The molecule has 3 atom stereocenters. The molecule has 3 unspecified atom stereocenters. The second kappa shape index (κ2) is 11.3. The van der Waals surface area contributed by atoms with Gasteiger partial charge in [-0.05, 0) is 88.2 Å². The number of terminal acetylenes is 1. The summed E-state index contributed by atoms with van der Waals surface area (Å²) in [4.78, 5) is 14.9. The van der Waals surface area contributed by atoms with Crippen LogP contribution in [0.25, 0.3) is 22.5 Å². The van der Waals surface area contributed by atoms with Gasteiger partial charge in [0, 0.05) is 48.1 Å². The molecule has 2 N–H and O–H groups in total. The number of nitrogens with zero attached hydrogens (tertiary/aromatic N) is 5. The predicted molar refractivity (Wildman–Crippen MR) is 177 cm³/mol. The van der Waals surface area contributed by atoms with Gasteiger partial charge in [-0.15, -0.1) is 6.42 Å². The Bertz CT molecular complexity index is 1770. The van der Waals surface area contributed by atoms with Crippen LogP contribution < -0.4 is 15.0 Å². The molecular formula is C35H39FN6O3S. The quantitative estimate of drug-likeness (QED) is 0.261. The molecule has 2 aromatic carbocycles. The average Bonchev–Trinajstić information content (AvgIpc) is 3.96. The van der Waals surface area contributed by atoms with Crippen LogP contribution in [0.4, 0.5) is 10.2 Å². The highest BCUT2D eigenvalue weighted by atomic mass is 32.2. The summed E-state index contributed by atoms with van der Waals surface area (Å²) in [6.07, 6.45) is 14.2.